The highest BCUT2D eigenvalue weighted by Gasteiger charge is 2.30. The summed E-state index contributed by atoms with van der Waals surface area (Å²) in [5, 5.41) is 15.8. The minimum atomic E-state index is -1.14. The summed E-state index contributed by atoms with van der Waals surface area (Å²) in [5.41, 5.74) is -0.620. The van der Waals surface area contributed by atoms with E-state index in [0.29, 0.717) is 12.1 Å². The summed E-state index contributed by atoms with van der Waals surface area (Å²) in [4.78, 5) is 22.7. The topological polar surface area (TPSA) is 84.2 Å². The van der Waals surface area contributed by atoms with Crippen LogP contribution in [0.15, 0.2) is 12.4 Å². The zero-order chi connectivity index (χ0) is 14.5. The van der Waals surface area contributed by atoms with Gasteiger partial charge in [0.2, 0.25) is 5.91 Å². The number of amides is 1. The van der Waals surface area contributed by atoms with Gasteiger partial charge in [-0.3, -0.25) is 9.48 Å². The Morgan fingerprint density at radius 3 is 2.79 bits per heavy atom. The van der Waals surface area contributed by atoms with Gasteiger partial charge in [0.25, 0.3) is 0 Å². The maximum Gasteiger partial charge on any atom is 0.331 e. The molecular weight excluding hydrogens is 266 g/mol. The number of nitrogens with one attached hydrogen (secondary N) is 1. The van der Waals surface area contributed by atoms with Crippen LogP contribution in [0.3, 0.4) is 0 Å². The molecule has 0 saturated carbocycles. The second-order valence-electron chi connectivity index (χ2n) is 4.68. The summed E-state index contributed by atoms with van der Waals surface area (Å²) < 4.78 is 1.33. The van der Waals surface area contributed by atoms with Crippen molar-refractivity contribution in [2.75, 3.05) is 17.3 Å². The van der Waals surface area contributed by atoms with Crippen LogP contribution in [0.2, 0.25) is 0 Å². The SMILES string of the molecule is CSCCCC(=O)Nc1cnn(C(C)(C)C(=O)O)c1. The second-order valence-corrected chi connectivity index (χ2v) is 5.67. The van der Waals surface area contributed by atoms with Crippen molar-refractivity contribution in [3.8, 4) is 0 Å². The lowest BCUT2D eigenvalue weighted by atomic mass is 10.1. The van der Waals surface area contributed by atoms with Crippen molar-refractivity contribution in [3.63, 3.8) is 0 Å². The molecular formula is C12H19N3O3S. The van der Waals surface area contributed by atoms with E-state index in [1.54, 1.807) is 25.6 Å². The molecule has 0 fully saturated rings. The molecule has 0 bridgehead atoms. The average Bonchev–Trinajstić information content (AvgIpc) is 2.78. The highest BCUT2D eigenvalue weighted by Crippen LogP contribution is 2.17. The summed E-state index contributed by atoms with van der Waals surface area (Å²) in [6.07, 6.45) is 6.25. The van der Waals surface area contributed by atoms with Crippen molar-refractivity contribution in [2.24, 2.45) is 0 Å². The highest BCUT2D eigenvalue weighted by molar-refractivity contribution is 7.98. The maximum absolute atomic E-state index is 11.6. The molecule has 0 unspecified atom stereocenters. The van der Waals surface area contributed by atoms with Gasteiger partial charge < -0.3 is 10.4 Å². The van der Waals surface area contributed by atoms with E-state index < -0.39 is 11.5 Å². The molecule has 0 aliphatic rings. The van der Waals surface area contributed by atoms with E-state index >= 15 is 0 Å². The number of aliphatic carboxylic acids is 1. The summed E-state index contributed by atoms with van der Waals surface area (Å²) in [6.45, 7) is 3.10. The number of carboxylic acids is 1. The Labute approximate surface area is 116 Å². The minimum Gasteiger partial charge on any atom is -0.479 e. The molecule has 7 heteroatoms. The van der Waals surface area contributed by atoms with Crippen LogP contribution in [0.5, 0.6) is 0 Å². The molecule has 1 aromatic heterocycles. The monoisotopic (exact) mass is 285 g/mol. The third-order valence-corrected chi connectivity index (χ3v) is 3.41. The van der Waals surface area contributed by atoms with Crippen LogP contribution in [0.1, 0.15) is 26.7 Å². The van der Waals surface area contributed by atoms with Gasteiger partial charge in [-0.15, -0.1) is 0 Å². The van der Waals surface area contributed by atoms with Crippen molar-refractivity contribution in [3.05, 3.63) is 12.4 Å². The van der Waals surface area contributed by atoms with Crippen LogP contribution in [0, 0.1) is 0 Å². The van der Waals surface area contributed by atoms with E-state index in [2.05, 4.69) is 10.4 Å². The minimum absolute atomic E-state index is 0.0817. The quantitative estimate of drug-likeness (QED) is 0.746. The lowest BCUT2D eigenvalue weighted by Gasteiger charge is -2.19. The Balaban J connectivity index is 2.60. The number of hydrogen-bond donors (Lipinski definition) is 2. The number of anilines is 1. The molecule has 0 aromatic carbocycles. The number of carbonyl (C=O) groups is 2. The second kappa shape index (κ2) is 6.60. The van der Waals surface area contributed by atoms with Crippen LogP contribution in [-0.4, -0.2) is 38.8 Å². The average molecular weight is 285 g/mol. The first-order valence-electron chi connectivity index (χ1n) is 5.95. The molecule has 0 aliphatic carbocycles. The molecule has 0 atom stereocenters. The molecule has 1 aromatic rings. The van der Waals surface area contributed by atoms with Gasteiger partial charge in [-0.1, -0.05) is 0 Å². The maximum atomic E-state index is 11.6. The Morgan fingerprint density at radius 1 is 1.53 bits per heavy atom. The fraction of sp³-hybridized carbons (Fsp3) is 0.583. The van der Waals surface area contributed by atoms with Gasteiger partial charge in [0.15, 0.2) is 5.54 Å². The molecule has 0 radical (unpaired) electrons. The van der Waals surface area contributed by atoms with Crippen molar-refractivity contribution >= 4 is 29.3 Å². The first-order valence-corrected chi connectivity index (χ1v) is 7.34. The lowest BCUT2D eigenvalue weighted by Crippen LogP contribution is -2.35. The number of nitrogens with zero attached hydrogens (tertiary/aromatic N) is 2. The van der Waals surface area contributed by atoms with Crippen molar-refractivity contribution in [1.29, 1.82) is 0 Å². The zero-order valence-corrected chi connectivity index (χ0v) is 12.2. The van der Waals surface area contributed by atoms with E-state index in [4.69, 9.17) is 5.11 Å². The van der Waals surface area contributed by atoms with Gasteiger partial charge in [0.1, 0.15) is 0 Å². The smallest absolute Gasteiger partial charge is 0.331 e. The van der Waals surface area contributed by atoms with Crippen molar-refractivity contribution in [2.45, 2.75) is 32.2 Å². The molecule has 0 aliphatic heterocycles. The summed E-state index contributed by atoms with van der Waals surface area (Å²) in [5.74, 6) is -0.117. The van der Waals surface area contributed by atoms with E-state index in [1.165, 1.54) is 17.1 Å². The van der Waals surface area contributed by atoms with Crippen LogP contribution in [0.25, 0.3) is 0 Å². The summed E-state index contributed by atoms with van der Waals surface area (Å²) in [6, 6.07) is 0. The number of thioether (sulfide) groups is 1. The first kappa shape index (κ1) is 15.6. The lowest BCUT2D eigenvalue weighted by molar-refractivity contribution is -0.146. The van der Waals surface area contributed by atoms with E-state index in [9.17, 15) is 9.59 Å². The Bertz CT molecular complexity index is 457. The Morgan fingerprint density at radius 2 is 2.21 bits per heavy atom. The highest BCUT2D eigenvalue weighted by atomic mass is 32.2. The first-order chi connectivity index (χ1) is 8.87. The van der Waals surface area contributed by atoms with E-state index in [-0.39, 0.29) is 5.91 Å². The van der Waals surface area contributed by atoms with Gasteiger partial charge in [-0.2, -0.15) is 16.9 Å². The number of aromatic nitrogens is 2. The Kier molecular flexibility index (Phi) is 5.41. The van der Waals surface area contributed by atoms with Crippen LogP contribution >= 0.6 is 11.8 Å². The molecule has 2 N–H and O–H groups in total. The molecule has 1 heterocycles. The van der Waals surface area contributed by atoms with Crippen LogP contribution in [0.4, 0.5) is 5.69 Å². The largest absolute Gasteiger partial charge is 0.479 e. The molecule has 1 amide bonds. The zero-order valence-electron chi connectivity index (χ0n) is 11.3. The summed E-state index contributed by atoms with van der Waals surface area (Å²) in [7, 11) is 0. The summed E-state index contributed by atoms with van der Waals surface area (Å²) >= 11 is 1.70. The number of hydrogen-bond acceptors (Lipinski definition) is 4. The van der Waals surface area contributed by atoms with Crippen LogP contribution < -0.4 is 5.32 Å². The van der Waals surface area contributed by atoms with Crippen LogP contribution in [-0.2, 0) is 15.1 Å². The molecule has 106 valence electrons. The molecule has 6 nitrogen and oxygen atoms in total. The fourth-order valence-corrected chi connectivity index (χ4v) is 1.82. The molecule has 0 saturated heterocycles. The number of carbonyl (C=O) groups excluding carboxylic acids is 1. The predicted molar refractivity (Wildman–Crippen MR) is 75.4 cm³/mol. The van der Waals surface area contributed by atoms with Crippen molar-refractivity contribution in [1.82, 2.24) is 9.78 Å². The number of rotatable bonds is 7. The fourth-order valence-electron chi connectivity index (χ4n) is 1.39. The number of carboxylic acid groups (broad SMARTS) is 1. The molecule has 0 spiro atoms. The standard InChI is InChI=1S/C12H19N3O3S/c1-12(2,11(17)18)15-8-9(7-13-15)14-10(16)5-4-6-19-3/h7-8H,4-6H2,1-3H3,(H,14,16)(H,17,18). The molecule has 1 rings (SSSR count). The van der Waals surface area contributed by atoms with Gasteiger partial charge in [0, 0.05) is 12.6 Å². The van der Waals surface area contributed by atoms with Gasteiger partial charge in [-0.25, -0.2) is 4.79 Å². The Hall–Kier alpha value is -1.50. The van der Waals surface area contributed by atoms with E-state index in [0.717, 1.165) is 12.2 Å². The third-order valence-electron chi connectivity index (χ3n) is 2.71. The predicted octanol–water partition coefficient (Wildman–Crippen LogP) is 1.78. The van der Waals surface area contributed by atoms with E-state index in [1.807, 2.05) is 6.26 Å². The molecule has 19 heavy (non-hydrogen) atoms. The third kappa shape index (κ3) is 4.27. The normalized spacial score (nSPS) is 11.3. The van der Waals surface area contributed by atoms with Gasteiger partial charge in [-0.05, 0) is 32.3 Å². The van der Waals surface area contributed by atoms with Crippen molar-refractivity contribution < 1.29 is 14.7 Å². The van der Waals surface area contributed by atoms with Gasteiger partial charge in [0.05, 0.1) is 11.9 Å². The van der Waals surface area contributed by atoms with Gasteiger partial charge >= 0.3 is 5.97 Å².